The van der Waals surface area contributed by atoms with Crippen molar-refractivity contribution < 1.29 is 13.9 Å². The molecule has 0 saturated carbocycles. The fourth-order valence-corrected chi connectivity index (χ4v) is 2.33. The highest BCUT2D eigenvalue weighted by atomic mass is 19.1. The van der Waals surface area contributed by atoms with Crippen LogP contribution in [0.15, 0.2) is 36.7 Å². The lowest BCUT2D eigenvalue weighted by atomic mass is 10.1. The molecule has 2 heterocycles. The summed E-state index contributed by atoms with van der Waals surface area (Å²) >= 11 is 0. The summed E-state index contributed by atoms with van der Waals surface area (Å²) in [6.45, 7) is 2.81. The average molecular weight is 316 g/mol. The Labute approximate surface area is 133 Å². The van der Waals surface area contributed by atoms with E-state index in [-0.39, 0.29) is 18.1 Å². The summed E-state index contributed by atoms with van der Waals surface area (Å²) in [7, 11) is 0. The SMILES string of the molecule is O=C(Cc1ccccc1F)Nc1cnc(N2CCOCC2)nc1. The quantitative estimate of drug-likeness (QED) is 0.929. The van der Waals surface area contributed by atoms with E-state index in [1.807, 2.05) is 4.90 Å². The van der Waals surface area contributed by atoms with Crippen LogP contribution in [0.1, 0.15) is 5.56 Å². The number of rotatable bonds is 4. The molecular formula is C16H17FN4O2. The number of morpholine rings is 1. The molecule has 7 heteroatoms. The number of nitrogens with zero attached hydrogens (tertiary/aromatic N) is 3. The molecule has 0 atom stereocenters. The first-order chi connectivity index (χ1) is 11.2. The van der Waals surface area contributed by atoms with Crippen LogP contribution in [0.25, 0.3) is 0 Å². The normalized spacial score (nSPS) is 14.6. The highest BCUT2D eigenvalue weighted by molar-refractivity contribution is 5.92. The Hall–Kier alpha value is -2.54. The van der Waals surface area contributed by atoms with Gasteiger partial charge in [-0.05, 0) is 11.6 Å². The van der Waals surface area contributed by atoms with Crippen LogP contribution in [-0.4, -0.2) is 42.2 Å². The molecule has 0 radical (unpaired) electrons. The Morgan fingerprint density at radius 2 is 1.91 bits per heavy atom. The van der Waals surface area contributed by atoms with Crippen molar-refractivity contribution >= 4 is 17.5 Å². The number of hydrogen-bond acceptors (Lipinski definition) is 5. The molecule has 1 aromatic heterocycles. The number of carbonyl (C=O) groups is 1. The fourth-order valence-electron chi connectivity index (χ4n) is 2.33. The van der Waals surface area contributed by atoms with Crippen LogP contribution in [0.3, 0.4) is 0 Å². The first-order valence-corrected chi connectivity index (χ1v) is 7.40. The van der Waals surface area contributed by atoms with Crippen LogP contribution in [-0.2, 0) is 16.0 Å². The van der Waals surface area contributed by atoms with Gasteiger partial charge in [-0.2, -0.15) is 0 Å². The Balaban J connectivity index is 1.59. The minimum atomic E-state index is -0.387. The monoisotopic (exact) mass is 316 g/mol. The van der Waals surface area contributed by atoms with Gasteiger partial charge in [0.1, 0.15) is 5.82 Å². The van der Waals surface area contributed by atoms with E-state index in [1.165, 1.54) is 6.07 Å². The van der Waals surface area contributed by atoms with Gasteiger partial charge >= 0.3 is 0 Å². The van der Waals surface area contributed by atoms with Gasteiger partial charge in [-0.1, -0.05) is 18.2 Å². The molecule has 3 rings (SSSR count). The summed E-state index contributed by atoms with van der Waals surface area (Å²) in [5.41, 5.74) is 0.846. The maximum atomic E-state index is 13.5. The Morgan fingerprint density at radius 3 is 2.61 bits per heavy atom. The van der Waals surface area contributed by atoms with Crippen molar-refractivity contribution in [3.8, 4) is 0 Å². The first kappa shape index (κ1) is 15.4. The number of halogens is 1. The van der Waals surface area contributed by atoms with Crippen LogP contribution >= 0.6 is 0 Å². The van der Waals surface area contributed by atoms with Crippen LogP contribution in [0, 0.1) is 5.82 Å². The first-order valence-electron chi connectivity index (χ1n) is 7.40. The Bertz CT molecular complexity index is 672. The highest BCUT2D eigenvalue weighted by Gasteiger charge is 2.14. The molecule has 23 heavy (non-hydrogen) atoms. The van der Waals surface area contributed by atoms with Crippen molar-refractivity contribution in [3.05, 3.63) is 48.0 Å². The number of amides is 1. The predicted molar refractivity (Wildman–Crippen MR) is 83.8 cm³/mol. The number of hydrogen-bond donors (Lipinski definition) is 1. The largest absolute Gasteiger partial charge is 0.378 e. The van der Waals surface area contributed by atoms with Gasteiger partial charge < -0.3 is 15.0 Å². The van der Waals surface area contributed by atoms with E-state index in [0.717, 1.165) is 13.1 Å². The molecule has 0 unspecified atom stereocenters. The van der Waals surface area contributed by atoms with Crippen LogP contribution in [0.4, 0.5) is 16.0 Å². The number of anilines is 2. The summed E-state index contributed by atoms with van der Waals surface area (Å²) < 4.78 is 18.8. The number of nitrogens with one attached hydrogen (secondary N) is 1. The van der Waals surface area contributed by atoms with Crippen LogP contribution in [0.2, 0.25) is 0 Å². The predicted octanol–water partition coefficient (Wildman–Crippen LogP) is 1.63. The van der Waals surface area contributed by atoms with Gasteiger partial charge in [-0.3, -0.25) is 4.79 Å². The number of carbonyl (C=O) groups excluding carboxylic acids is 1. The van der Waals surface area contributed by atoms with Crippen LogP contribution in [0.5, 0.6) is 0 Å². The number of aromatic nitrogens is 2. The molecule has 1 aromatic carbocycles. The number of ether oxygens (including phenoxy) is 1. The fraction of sp³-hybridized carbons (Fsp3) is 0.312. The zero-order valence-corrected chi connectivity index (χ0v) is 12.5. The van der Waals surface area contributed by atoms with Gasteiger partial charge in [0.25, 0.3) is 0 Å². The lowest BCUT2D eigenvalue weighted by Gasteiger charge is -2.26. The van der Waals surface area contributed by atoms with Crippen molar-refractivity contribution in [1.29, 1.82) is 0 Å². The van der Waals surface area contributed by atoms with E-state index in [2.05, 4.69) is 15.3 Å². The van der Waals surface area contributed by atoms with Gasteiger partial charge in [-0.15, -0.1) is 0 Å². The molecule has 2 aromatic rings. The third kappa shape index (κ3) is 4.01. The van der Waals surface area contributed by atoms with E-state index in [1.54, 1.807) is 30.6 Å². The van der Waals surface area contributed by atoms with E-state index in [9.17, 15) is 9.18 Å². The number of benzene rings is 1. The molecule has 6 nitrogen and oxygen atoms in total. The minimum Gasteiger partial charge on any atom is -0.378 e. The lowest BCUT2D eigenvalue weighted by molar-refractivity contribution is -0.115. The highest BCUT2D eigenvalue weighted by Crippen LogP contribution is 2.13. The summed E-state index contributed by atoms with van der Waals surface area (Å²) in [5.74, 6) is -0.0835. The molecule has 1 N–H and O–H groups in total. The zero-order chi connectivity index (χ0) is 16.1. The Kier molecular flexibility index (Phi) is 4.77. The molecule has 1 saturated heterocycles. The van der Waals surface area contributed by atoms with E-state index >= 15 is 0 Å². The smallest absolute Gasteiger partial charge is 0.228 e. The van der Waals surface area contributed by atoms with Gasteiger partial charge in [0.15, 0.2) is 0 Å². The van der Waals surface area contributed by atoms with E-state index in [0.29, 0.717) is 30.4 Å². The summed E-state index contributed by atoms with van der Waals surface area (Å²) in [6, 6.07) is 6.22. The second-order valence-corrected chi connectivity index (χ2v) is 5.19. The van der Waals surface area contributed by atoms with E-state index in [4.69, 9.17) is 4.74 Å². The van der Waals surface area contributed by atoms with Gasteiger partial charge in [0, 0.05) is 13.1 Å². The molecule has 1 aliphatic rings. The molecule has 1 aliphatic heterocycles. The molecule has 1 amide bonds. The van der Waals surface area contributed by atoms with Gasteiger partial charge in [0.05, 0.1) is 37.7 Å². The Morgan fingerprint density at radius 1 is 1.22 bits per heavy atom. The standard InChI is InChI=1S/C16H17FN4O2/c17-14-4-2-1-3-12(14)9-15(22)20-13-10-18-16(19-11-13)21-5-7-23-8-6-21/h1-4,10-11H,5-9H2,(H,20,22). The molecule has 0 aliphatic carbocycles. The summed E-state index contributed by atoms with van der Waals surface area (Å²) in [6.07, 6.45) is 3.08. The minimum absolute atomic E-state index is 0.0299. The maximum Gasteiger partial charge on any atom is 0.228 e. The van der Waals surface area contributed by atoms with Crippen molar-refractivity contribution in [1.82, 2.24) is 9.97 Å². The average Bonchev–Trinajstić information content (AvgIpc) is 2.58. The van der Waals surface area contributed by atoms with Crippen molar-refractivity contribution in [2.45, 2.75) is 6.42 Å². The summed E-state index contributed by atoms with van der Waals surface area (Å²) in [5, 5.41) is 2.67. The van der Waals surface area contributed by atoms with Crippen molar-refractivity contribution in [2.75, 3.05) is 36.5 Å². The van der Waals surface area contributed by atoms with Crippen molar-refractivity contribution in [3.63, 3.8) is 0 Å². The van der Waals surface area contributed by atoms with Crippen LogP contribution < -0.4 is 10.2 Å². The lowest BCUT2D eigenvalue weighted by Crippen LogP contribution is -2.37. The van der Waals surface area contributed by atoms with Crippen molar-refractivity contribution in [2.24, 2.45) is 0 Å². The molecule has 0 bridgehead atoms. The van der Waals surface area contributed by atoms with Gasteiger partial charge in [-0.25, -0.2) is 14.4 Å². The van der Waals surface area contributed by atoms with E-state index < -0.39 is 0 Å². The molecule has 0 spiro atoms. The third-order valence-electron chi connectivity index (χ3n) is 3.52. The second-order valence-electron chi connectivity index (χ2n) is 5.19. The molecule has 1 fully saturated rings. The maximum absolute atomic E-state index is 13.5. The zero-order valence-electron chi connectivity index (χ0n) is 12.5. The third-order valence-corrected chi connectivity index (χ3v) is 3.52. The second kappa shape index (κ2) is 7.15. The van der Waals surface area contributed by atoms with Gasteiger partial charge in [0.2, 0.25) is 11.9 Å². The summed E-state index contributed by atoms with van der Waals surface area (Å²) in [4.78, 5) is 22.5. The molecular weight excluding hydrogens is 299 g/mol. The topological polar surface area (TPSA) is 67.4 Å². The molecule has 120 valence electrons.